The summed E-state index contributed by atoms with van der Waals surface area (Å²) in [6.07, 6.45) is 5.24. The normalized spacial score (nSPS) is 26.2. The number of fused-ring (bicyclic) bond motifs is 1. The van der Waals surface area contributed by atoms with Crippen LogP contribution in [0.15, 0.2) is 42.0 Å². The summed E-state index contributed by atoms with van der Waals surface area (Å²) in [5, 5.41) is 0. The number of allylic oxidation sites excluding steroid dienone is 1. The minimum atomic E-state index is -0.497. The number of esters is 2. The van der Waals surface area contributed by atoms with E-state index < -0.39 is 11.5 Å². The molecule has 0 N–H and O–H groups in total. The smallest absolute Gasteiger partial charge is 0.316 e. The highest BCUT2D eigenvalue weighted by Gasteiger charge is 2.52. The Labute approximate surface area is 136 Å². The molecule has 1 heterocycles. The van der Waals surface area contributed by atoms with Crippen molar-refractivity contribution in [3.8, 4) is 0 Å². The Morgan fingerprint density at radius 3 is 2.87 bits per heavy atom. The quantitative estimate of drug-likeness (QED) is 0.616. The maximum atomic E-state index is 12.3. The van der Waals surface area contributed by atoms with Gasteiger partial charge in [0.15, 0.2) is 0 Å². The van der Waals surface area contributed by atoms with E-state index in [0.29, 0.717) is 0 Å². The number of benzene rings is 1. The number of carbonyl (C=O) groups excluding carboxylic acids is 2. The van der Waals surface area contributed by atoms with Crippen molar-refractivity contribution in [3.05, 3.63) is 47.5 Å². The highest BCUT2D eigenvalue weighted by Crippen LogP contribution is 2.49. The fourth-order valence-electron chi connectivity index (χ4n) is 3.59. The lowest BCUT2D eigenvalue weighted by Crippen LogP contribution is -2.30. The molecule has 4 heteroatoms. The molecule has 0 bridgehead atoms. The van der Waals surface area contributed by atoms with Crippen molar-refractivity contribution in [1.29, 1.82) is 0 Å². The van der Waals surface area contributed by atoms with Gasteiger partial charge in [0.05, 0.1) is 11.8 Å². The summed E-state index contributed by atoms with van der Waals surface area (Å²) in [6.45, 7) is 2.26. The van der Waals surface area contributed by atoms with Crippen LogP contribution in [0.2, 0.25) is 0 Å². The van der Waals surface area contributed by atoms with Crippen molar-refractivity contribution in [2.45, 2.75) is 51.7 Å². The fourth-order valence-corrected chi connectivity index (χ4v) is 3.59. The summed E-state index contributed by atoms with van der Waals surface area (Å²) < 4.78 is 10.8. The predicted octanol–water partition coefficient (Wildman–Crippen LogP) is 3.55. The monoisotopic (exact) mass is 314 g/mol. The molecule has 122 valence electrons. The molecule has 0 unspecified atom stereocenters. The zero-order valence-electron chi connectivity index (χ0n) is 13.4. The van der Waals surface area contributed by atoms with E-state index >= 15 is 0 Å². The third kappa shape index (κ3) is 3.03. The molecule has 0 aromatic heterocycles. The van der Waals surface area contributed by atoms with Crippen LogP contribution in [0.4, 0.5) is 0 Å². The van der Waals surface area contributed by atoms with Crippen molar-refractivity contribution in [3.63, 3.8) is 0 Å². The summed E-state index contributed by atoms with van der Waals surface area (Å²) in [6, 6.07) is 9.56. The molecule has 1 fully saturated rings. The van der Waals surface area contributed by atoms with E-state index in [-0.39, 0.29) is 25.0 Å². The van der Waals surface area contributed by atoms with Gasteiger partial charge in [-0.1, -0.05) is 43.3 Å². The lowest BCUT2D eigenvalue weighted by molar-refractivity contribution is -0.153. The van der Waals surface area contributed by atoms with E-state index in [4.69, 9.17) is 9.47 Å². The molecule has 0 amide bonds. The van der Waals surface area contributed by atoms with E-state index in [0.717, 1.165) is 36.8 Å². The second-order valence-electron chi connectivity index (χ2n) is 6.23. The van der Waals surface area contributed by atoms with Crippen LogP contribution in [-0.2, 0) is 25.7 Å². The molecule has 2 atom stereocenters. The standard InChI is InChI=1S/C19H22O4/c1-2-19-11-7-6-10-15(19)16(23-18(19)21)12-17(20)22-13-14-8-4-3-5-9-14/h3-5,8-10,16H,2,6-7,11-13H2,1H3/t16-,19+/m1/s1. The molecule has 4 nitrogen and oxygen atoms in total. The first-order chi connectivity index (χ1) is 11.2. The summed E-state index contributed by atoms with van der Waals surface area (Å²) >= 11 is 0. The van der Waals surface area contributed by atoms with Crippen LogP contribution < -0.4 is 0 Å². The highest BCUT2D eigenvalue weighted by molar-refractivity contribution is 5.86. The zero-order chi connectivity index (χ0) is 16.3. The average molecular weight is 314 g/mol. The summed E-state index contributed by atoms with van der Waals surface area (Å²) in [5.41, 5.74) is 1.44. The number of hydrogen-bond donors (Lipinski definition) is 0. The highest BCUT2D eigenvalue weighted by atomic mass is 16.6. The third-order valence-corrected chi connectivity index (χ3v) is 4.91. The second kappa shape index (κ2) is 6.57. The van der Waals surface area contributed by atoms with Gasteiger partial charge < -0.3 is 9.47 Å². The van der Waals surface area contributed by atoms with Crippen LogP contribution in [-0.4, -0.2) is 18.0 Å². The Bertz CT molecular complexity index is 620. The molecular formula is C19H22O4. The topological polar surface area (TPSA) is 52.6 Å². The molecule has 0 radical (unpaired) electrons. The van der Waals surface area contributed by atoms with Gasteiger partial charge in [-0.05, 0) is 36.8 Å². The largest absolute Gasteiger partial charge is 0.461 e. The zero-order valence-corrected chi connectivity index (χ0v) is 13.4. The first kappa shape index (κ1) is 15.8. The number of cyclic esters (lactones) is 1. The maximum absolute atomic E-state index is 12.3. The summed E-state index contributed by atoms with van der Waals surface area (Å²) in [7, 11) is 0. The molecule has 23 heavy (non-hydrogen) atoms. The van der Waals surface area contributed by atoms with Crippen molar-refractivity contribution in [1.82, 2.24) is 0 Å². The lowest BCUT2D eigenvalue weighted by atomic mass is 9.70. The Balaban J connectivity index is 1.63. The number of rotatable bonds is 5. The minimum Gasteiger partial charge on any atom is -0.461 e. The van der Waals surface area contributed by atoms with Crippen LogP contribution >= 0.6 is 0 Å². The summed E-state index contributed by atoms with van der Waals surface area (Å²) in [5.74, 6) is -0.503. The number of carbonyl (C=O) groups is 2. The van der Waals surface area contributed by atoms with Gasteiger partial charge in [-0.3, -0.25) is 9.59 Å². The van der Waals surface area contributed by atoms with E-state index in [2.05, 4.69) is 6.08 Å². The third-order valence-electron chi connectivity index (χ3n) is 4.91. The van der Waals surface area contributed by atoms with Gasteiger partial charge in [-0.25, -0.2) is 0 Å². The fraction of sp³-hybridized carbons (Fsp3) is 0.474. The molecule has 0 saturated carbocycles. The molecule has 1 saturated heterocycles. The van der Waals surface area contributed by atoms with Crippen molar-refractivity contribution < 1.29 is 19.1 Å². The van der Waals surface area contributed by atoms with E-state index in [1.54, 1.807) is 0 Å². The van der Waals surface area contributed by atoms with Gasteiger partial charge in [0.25, 0.3) is 0 Å². The molecule has 1 aliphatic carbocycles. The number of hydrogen-bond acceptors (Lipinski definition) is 4. The van der Waals surface area contributed by atoms with E-state index in [9.17, 15) is 9.59 Å². The Hall–Kier alpha value is -2.10. The maximum Gasteiger partial charge on any atom is 0.316 e. The SMILES string of the molecule is CC[C@]12CCCC=C1[C@@H](CC(=O)OCc1ccccc1)OC2=O. The molecule has 3 rings (SSSR count). The summed E-state index contributed by atoms with van der Waals surface area (Å²) in [4.78, 5) is 24.4. The van der Waals surface area contributed by atoms with Crippen LogP contribution in [0.3, 0.4) is 0 Å². The minimum absolute atomic E-state index is 0.103. The molecule has 0 spiro atoms. The van der Waals surface area contributed by atoms with Crippen LogP contribution in [0, 0.1) is 5.41 Å². The van der Waals surface area contributed by atoms with Crippen molar-refractivity contribution in [2.24, 2.45) is 5.41 Å². The Morgan fingerprint density at radius 1 is 1.35 bits per heavy atom. The Morgan fingerprint density at radius 2 is 2.13 bits per heavy atom. The average Bonchev–Trinajstić information content (AvgIpc) is 2.87. The van der Waals surface area contributed by atoms with Crippen LogP contribution in [0.25, 0.3) is 0 Å². The van der Waals surface area contributed by atoms with Gasteiger partial charge in [0, 0.05) is 0 Å². The first-order valence-corrected chi connectivity index (χ1v) is 8.27. The predicted molar refractivity (Wildman–Crippen MR) is 85.4 cm³/mol. The molecule has 1 aromatic carbocycles. The van der Waals surface area contributed by atoms with Crippen molar-refractivity contribution >= 4 is 11.9 Å². The second-order valence-corrected chi connectivity index (χ2v) is 6.23. The van der Waals surface area contributed by atoms with Crippen LogP contribution in [0.5, 0.6) is 0 Å². The van der Waals surface area contributed by atoms with Gasteiger partial charge in [-0.15, -0.1) is 0 Å². The van der Waals surface area contributed by atoms with Gasteiger partial charge >= 0.3 is 11.9 Å². The van der Waals surface area contributed by atoms with Crippen molar-refractivity contribution in [2.75, 3.05) is 0 Å². The van der Waals surface area contributed by atoms with Gasteiger partial charge in [0.1, 0.15) is 12.7 Å². The molecule has 1 aliphatic heterocycles. The first-order valence-electron chi connectivity index (χ1n) is 8.27. The van der Waals surface area contributed by atoms with Gasteiger partial charge in [0.2, 0.25) is 0 Å². The Kier molecular flexibility index (Phi) is 4.51. The molecule has 1 aromatic rings. The molecule has 2 aliphatic rings. The number of ether oxygens (including phenoxy) is 2. The van der Waals surface area contributed by atoms with Gasteiger partial charge in [-0.2, -0.15) is 0 Å². The molecular weight excluding hydrogens is 292 g/mol. The lowest BCUT2D eigenvalue weighted by Gasteiger charge is -2.29. The van der Waals surface area contributed by atoms with Crippen LogP contribution in [0.1, 0.15) is 44.6 Å². The van der Waals surface area contributed by atoms with E-state index in [1.807, 2.05) is 37.3 Å². The van der Waals surface area contributed by atoms with E-state index in [1.165, 1.54) is 0 Å².